The average Bonchev–Trinajstić information content (AvgIpc) is 3.10. The molecular weight excluding hydrogens is 395 g/mol. The molecule has 0 bridgehead atoms. The molecule has 0 saturated carbocycles. The molecule has 0 aliphatic heterocycles. The largest absolute Gasteiger partial charge is 0.469 e. The molecule has 0 atom stereocenters. The zero-order valence-electron chi connectivity index (χ0n) is 15.8. The molecule has 0 radical (unpaired) electrons. The first-order valence-corrected chi connectivity index (χ1v) is 9.12. The zero-order chi connectivity index (χ0) is 21.0. The second kappa shape index (κ2) is 8.75. The van der Waals surface area contributed by atoms with Crippen molar-refractivity contribution in [2.24, 2.45) is 0 Å². The van der Waals surface area contributed by atoms with E-state index in [2.05, 4.69) is 10.6 Å². The minimum atomic E-state index is -0.625. The van der Waals surface area contributed by atoms with Gasteiger partial charge in [-0.1, -0.05) is 29.8 Å². The van der Waals surface area contributed by atoms with Crippen LogP contribution in [0.15, 0.2) is 65.3 Å². The molecule has 3 rings (SSSR count). The molecule has 0 fully saturated rings. The topological polar surface area (TPSA) is 71.3 Å². The highest BCUT2D eigenvalue weighted by Gasteiger charge is 2.14. The van der Waals surface area contributed by atoms with Crippen LogP contribution in [0.1, 0.15) is 28.6 Å². The van der Waals surface area contributed by atoms with Crippen LogP contribution in [0, 0.1) is 12.7 Å². The van der Waals surface area contributed by atoms with Crippen molar-refractivity contribution < 1.29 is 18.4 Å². The number of hydrogen-bond donors (Lipinski definition) is 2. The van der Waals surface area contributed by atoms with Gasteiger partial charge in [-0.2, -0.15) is 0 Å². The third-order valence-corrected chi connectivity index (χ3v) is 4.56. The molecule has 0 aliphatic carbocycles. The van der Waals surface area contributed by atoms with Crippen LogP contribution in [0.25, 0.3) is 5.57 Å². The molecule has 2 amide bonds. The Bertz CT molecular complexity index is 1100. The van der Waals surface area contributed by atoms with Crippen LogP contribution in [-0.2, 0) is 4.79 Å². The summed E-state index contributed by atoms with van der Waals surface area (Å²) >= 11 is 6.14. The second-order valence-electron chi connectivity index (χ2n) is 6.34. The van der Waals surface area contributed by atoms with Gasteiger partial charge in [-0.05, 0) is 55.3 Å². The molecule has 0 spiro atoms. The predicted molar refractivity (Wildman–Crippen MR) is 112 cm³/mol. The number of benzene rings is 2. The van der Waals surface area contributed by atoms with E-state index in [0.717, 1.165) is 11.6 Å². The normalized spacial score (nSPS) is 11.2. The van der Waals surface area contributed by atoms with E-state index in [0.29, 0.717) is 27.6 Å². The highest BCUT2D eigenvalue weighted by atomic mass is 35.5. The van der Waals surface area contributed by atoms with Crippen LogP contribution >= 0.6 is 11.6 Å². The minimum Gasteiger partial charge on any atom is -0.469 e. The number of amides is 2. The third kappa shape index (κ3) is 4.92. The number of halogens is 2. The van der Waals surface area contributed by atoms with Gasteiger partial charge in [0, 0.05) is 16.8 Å². The van der Waals surface area contributed by atoms with Gasteiger partial charge in [-0.15, -0.1) is 0 Å². The number of furan rings is 1. The van der Waals surface area contributed by atoms with Crippen molar-refractivity contribution in [3.63, 3.8) is 0 Å². The first-order chi connectivity index (χ1) is 13.8. The summed E-state index contributed by atoms with van der Waals surface area (Å²) in [5.41, 5.74) is 2.00. The molecule has 2 N–H and O–H groups in total. The Hall–Kier alpha value is -3.38. The van der Waals surface area contributed by atoms with Crippen molar-refractivity contribution >= 4 is 40.4 Å². The molecule has 7 heteroatoms. The summed E-state index contributed by atoms with van der Waals surface area (Å²) in [4.78, 5) is 24.6. The lowest BCUT2D eigenvalue weighted by atomic mass is 10.1. The average molecular weight is 413 g/mol. The summed E-state index contributed by atoms with van der Waals surface area (Å²) in [5.74, 6) is -1.11. The lowest BCUT2D eigenvalue weighted by Gasteiger charge is -2.09. The minimum absolute atomic E-state index is 0.0554. The fourth-order valence-corrected chi connectivity index (χ4v) is 3.03. The first-order valence-electron chi connectivity index (χ1n) is 8.74. The Labute approximate surface area is 172 Å². The maximum atomic E-state index is 14.1. The van der Waals surface area contributed by atoms with Crippen LogP contribution in [0.2, 0.25) is 5.02 Å². The van der Waals surface area contributed by atoms with Crippen molar-refractivity contribution in [1.29, 1.82) is 0 Å². The molecule has 29 heavy (non-hydrogen) atoms. The maximum Gasteiger partial charge on any atom is 0.259 e. The highest BCUT2D eigenvalue weighted by Crippen LogP contribution is 2.24. The number of hydrogen-bond acceptors (Lipinski definition) is 3. The Morgan fingerprint density at radius 3 is 2.52 bits per heavy atom. The fourth-order valence-electron chi connectivity index (χ4n) is 2.74. The fraction of sp³-hybridized carbons (Fsp3) is 0.0909. The Kier molecular flexibility index (Phi) is 6.14. The Morgan fingerprint density at radius 1 is 1.07 bits per heavy atom. The van der Waals surface area contributed by atoms with Crippen LogP contribution in [0.5, 0.6) is 0 Å². The molecule has 148 valence electrons. The standard InChI is InChI=1S/C22H18ClFN2O3/c1-13(16-5-3-4-6-18(16)23)11-21(27)25-15-7-8-19(24)20(12-15)26-22(28)17-9-10-29-14(17)2/h3-12H,1-2H3,(H,25,27)(H,26,28)/b13-11-. The van der Waals surface area contributed by atoms with Crippen molar-refractivity contribution in [1.82, 2.24) is 0 Å². The quantitative estimate of drug-likeness (QED) is 0.530. The van der Waals surface area contributed by atoms with Crippen LogP contribution in [0.3, 0.4) is 0 Å². The number of rotatable bonds is 5. The van der Waals surface area contributed by atoms with E-state index in [1.165, 1.54) is 30.5 Å². The van der Waals surface area contributed by atoms with E-state index in [1.54, 1.807) is 26.0 Å². The van der Waals surface area contributed by atoms with E-state index in [-0.39, 0.29) is 5.69 Å². The highest BCUT2D eigenvalue weighted by molar-refractivity contribution is 6.32. The summed E-state index contributed by atoms with van der Waals surface area (Å²) in [6.07, 6.45) is 2.78. The van der Waals surface area contributed by atoms with Crippen molar-refractivity contribution in [2.45, 2.75) is 13.8 Å². The third-order valence-electron chi connectivity index (χ3n) is 4.23. The van der Waals surface area contributed by atoms with Crippen molar-refractivity contribution in [3.05, 3.63) is 88.6 Å². The van der Waals surface area contributed by atoms with Crippen molar-refractivity contribution in [2.75, 3.05) is 10.6 Å². The molecule has 0 aliphatic rings. The molecule has 3 aromatic rings. The summed E-state index contributed by atoms with van der Waals surface area (Å²) in [6, 6.07) is 12.6. The number of nitrogens with one attached hydrogen (secondary N) is 2. The van der Waals surface area contributed by atoms with Gasteiger partial charge in [0.25, 0.3) is 5.91 Å². The Morgan fingerprint density at radius 2 is 1.83 bits per heavy atom. The van der Waals surface area contributed by atoms with E-state index >= 15 is 0 Å². The first kappa shape index (κ1) is 20.4. The van der Waals surface area contributed by atoms with E-state index < -0.39 is 17.6 Å². The lowest BCUT2D eigenvalue weighted by Crippen LogP contribution is -2.14. The zero-order valence-corrected chi connectivity index (χ0v) is 16.5. The van der Waals surface area contributed by atoms with Gasteiger partial charge in [0.1, 0.15) is 11.6 Å². The van der Waals surface area contributed by atoms with E-state index in [4.69, 9.17) is 16.0 Å². The lowest BCUT2D eigenvalue weighted by molar-refractivity contribution is -0.111. The maximum absolute atomic E-state index is 14.1. The number of aryl methyl sites for hydroxylation is 1. The molecule has 5 nitrogen and oxygen atoms in total. The second-order valence-corrected chi connectivity index (χ2v) is 6.74. The Balaban J connectivity index is 1.75. The SMILES string of the molecule is C/C(=C/C(=O)Nc1ccc(F)c(NC(=O)c2ccoc2C)c1)c1ccccc1Cl. The summed E-state index contributed by atoms with van der Waals surface area (Å²) < 4.78 is 19.2. The monoisotopic (exact) mass is 412 g/mol. The summed E-state index contributed by atoms with van der Waals surface area (Å²) in [7, 11) is 0. The van der Waals surface area contributed by atoms with Crippen LogP contribution < -0.4 is 10.6 Å². The number of carbonyl (C=O) groups is 2. The predicted octanol–water partition coefficient (Wildman–Crippen LogP) is 5.67. The van der Waals surface area contributed by atoms with Gasteiger partial charge in [0.15, 0.2) is 0 Å². The number of carbonyl (C=O) groups excluding carboxylic acids is 2. The molecular formula is C22H18ClFN2O3. The van der Waals surface area contributed by atoms with E-state index in [1.807, 2.05) is 12.1 Å². The van der Waals surface area contributed by atoms with Crippen molar-refractivity contribution in [3.8, 4) is 0 Å². The van der Waals surface area contributed by atoms with Gasteiger partial charge in [-0.3, -0.25) is 9.59 Å². The number of allylic oxidation sites excluding steroid dienone is 1. The smallest absolute Gasteiger partial charge is 0.259 e. The molecule has 0 unspecified atom stereocenters. The molecule has 1 aromatic heterocycles. The molecule has 1 heterocycles. The summed E-state index contributed by atoms with van der Waals surface area (Å²) in [6.45, 7) is 3.40. The number of anilines is 2. The summed E-state index contributed by atoms with van der Waals surface area (Å²) in [5, 5.41) is 5.67. The van der Waals surface area contributed by atoms with Gasteiger partial charge in [0.2, 0.25) is 5.91 Å². The molecule has 0 saturated heterocycles. The van der Waals surface area contributed by atoms with E-state index in [9.17, 15) is 14.0 Å². The van der Waals surface area contributed by atoms with Crippen LogP contribution in [-0.4, -0.2) is 11.8 Å². The van der Waals surface area contributed by atoms with Gasteiger partial charge < -0.3 is 15.1 Å². The molecule has 2 aromatic carbocycles. The van der Waals surface area contributed by atoms with Gasteiger partial charge in [-0.25, -0.2) is 4.39 Å². The van der Waals surface area contributed by atoms with Crippen LogP contribution in [0.4, 0.5) is 15.8 Å². The van der Waals surface area contributed by atoms with Gasteiger partial charge >= 0.3 is 0 Å². The van der Waals surface area contributed by atoms with Gasteiger partial charge in [0.05, 0.1) is 17.5 Å².